The maximum absolute atomic E-state index is 10.5. The number of hydrogen-bond donors (Lipinski definition) is 1. The van der Waals surface area contributed by atoms with E-state index in [4.69, 9.17) is 5.11 Å². The van der Waals surface area contributed by atoms with Gasteiger partial charge in [0, 0.05) is 6.04 Å². The molecule has 2 heterocycles. The Bertz CT molecular complexity index is 200. The van der Waals surface area contributed by atoms with Gasteiger partial charge in [-0.25, -0.2) is 4.79 Å². The zero-order chi connectivity index (χ0) is 7.14. The molecule has 1 saturated heterocycles. The molecule has 1 aliphatic carbocycles. The van der Waals surface area contributed by atoms with Crippen molar-refractivity contribution in [2.24, 2.45) is 0 Å². The van der Waals surface area contributed by atoms with Crippen molar-refractivity contribution in [2.75, 3.05) is 0 Å². The van der Waals surface area contributed by atoms with Gasteiger partial charge in [-0.3, -0.25) is 4.90 Å². The van der Waals surface area contributed by atoms with E-state index in [2.05, 4.69) is 6.08 Å². The third kappa shape index (κ3) is 0.574. The summed E-state index contributed by atoms with van der Waals surface area (Å²) < 4.78 is 0. The standard InChI is InChI=1S/C7H9NO2/c9-7(10)8-5-2-1-3-6(8)4-5/h1-2,5-6H,3-4H2,(H,9,10). The molecule has 0 saturated carbocycles. The molecule has 3 rings (SSSR count). The van der Waals surface area contributed by atoms with Crippen molar-refractivity contribution in [3.63, 3.8) is 0 Å². The Balaban J connectivity index is 2.15. The molecule has 10 heavy (non-hydrogen) atoms. The first-order valence-corrected chi connectivity index (χ1v) is 3.47. The van der Waals surface area contributed by atoms with Crippen molar-refractivity contribution in [3.05, 3.63) is 12.2 Å². The van der Waals surface area contributed by atoms with Crippen LogP contribution in [0, 0.1) is 0 Å². The number of nitrogens with zero attached hydrogens (tertiary/aromatic N) is 1. The number of rotatable bonds is 0. The molecule has 54 valence electrons. The van der Waals surface area contributed by atoms with Gasteiger partial charge in [0.2, 0.25) is 0 Å². The fraction of sp³-hybridized carbons (Fsp3) is 0.571. The van der Waals surface area contributed by atoms with E-state index in [1.165, 1.54) is 4.90 Å². The molecule has 2 atom stereocenters. The van der Waals surface area contributed by atoms with Crippen LogP contribution in [0.2, 0.25) is 0 Å². The number of hydrogen-bond acceptors (Lipinski definition) is 1. The molecule has 1 fully saturated rings. The van der Waals surface area contributed by atoms with Crippen molar-refractivity contribution in [2.45, 2.75) is 24.9 Å². The van der Waals surface area contributed by atoms with E-state index >= 15 is 0 Å². The molecule has 0 radical (unpaired) electrons. The molecule has 2 unspecified atom stereocenters. The van der Waals surface area contributed by atoms with E-state index in [1.54, 1.807) is 0 Å². The van der Waals surface area contributed by atoms with Crippen molar-refractivity contribution >= 4 is 6.09 Å². The van der Waals surface area contributed by atoms with E-state index in [9.17, 15) is 4.79 Å². The van der Waals surface area contributed by atoms with Crippen LogP contribution in [0.1, 0.15) is 12.8 Å². The molecule has 2 bridgehead atoms. The third-order valence-electron chi connectivity index (χ3n) is 2.25. The highest BCUT2D eigenvalue weighted by Crippen LogP contribution is 2.33. The quantitative estimate of drug-likeness (QED) is 0.510. The molecule has 1 N–H and O–H groups in total. The molecule has 3 aliphatic rings. The summed E-state index contributed by atoms with van der Waals surface area (Å²) in [6.07, 6.45) is 5.21. The summed E-state index contributed by atoms with van der Waals surface area (Å²) in [5.74, 6) is 0. The number of fused-ring (bicyclic) bond motifs is 1. The largest absolute Gasteiger partial charge is 0.465 e. The first-order chi connectivity index (χ1) is 4.79. The minimum absolute atomic E-state index is 0.191. The van der Waals surface area contributed by atoms with Crippen LogP contribution in [0.4, 0.5) is 4.79 Å². The number of carbonyl (C=O) groups is 1. The van der Waals surface area contributed by atoms with Crippen LogP contribution >= 0.6 is 0 Å². The van der Waals surface area contributed by atoms with Crippen molar-refractivity contribution < 1.29 is 9.90 Å². The van der Waals surface area contributed by atoms with E-state index < -0.39 is 6.09 Å². The highest BCUT2D eigenvalue weighted by Gasteiger charge is 2.41. The smallest absolute Gasteiger partial charge is 0.408 e. The lowest BCUT2D eigenvalue weighted by Crippen LogP contribution is -2.58. The van der Waals surface area contributed by atoms with Gasteiger partial charge in [0.1, 0.15) is 0 Å². The first-order valence-electron chi connectivity index (χ1n) is 3.47. The summed E-state index contributed by atoms with van der Waals surface area (Å²) in [4.78, 5) is 12.0. The lowest BCUT2D eigenvalue weighted by molar-refractivity contribution is 0.0394. The molecule has 3 nitrogen and oxygen atoms in total. The maximum Gasteiger partial charge on any atom is 0.408 e. The van der Waals surface area contributed by atoms with Gasteiger partial charge in [-0.15, -0.1) is 0 Å². The van der Waals surface area contributed by atoms with Gasteiger partial charge in [-0.2, -0.15) is 0 Å². The number of carboxylic acid groups (broad SMARTS) is 1. The SMILES string of the molecule is O=C(O)N1C2C=CCC1C2. The molecule has 0 aromatic carbocycles. The third-order valence-corrected chi connectivity index (χ3v) is 2.25. The van der Waals surface area contributed by atoms with E-state index in [0.717, 1.165) is 12.8 Å². The van der Waals surface area contributed by atoms with E-state index in [-0.39, 0.29) is 12.1 Å². The molecule has 2 aliphatic heterocycles. The molecule has 0 aromatic heterocycles. The van der Waals surface area contributed by atoms with Crippen LogP contribution in [0.3, 0.4) is 0 Å². The van der Waals surface area contributed by atoms with Crippen LogP contribution in [0.5, 0.6) is 0 Å². The second-order valence-corrected chi connectivity index (χ2v) is 2.81. The van der Waals surface area contributed by atoms with Gasteiger partial charge in [0.05, 0.1) is 6.04 Å². The average molecular weight is 139 g/mol. The Morgan fingerprint density at radius 2 is 2.50 bits per heavy atom. The second kappa shape index (κ2) is 1.75. The highest BCUT2D eigenvalue weighted by atomic mass is 16.4. The van der Waals surface area contributed by atoms with Gasteiger partial charge in [-0.05, 0) is 12.8 Å². The van der Waals surface area contributed by atoms with Gasteiger partial charge in [0.25, 0.3) is 0 Å². The normalized spacial score (nSPS) is 35.4. The fourth-order valence-electron chi connectivity index (χ4n) is 1.71. The van der Waals surface area contributed by atoms with Crippen LogP contribution in [0.25, 0.3) is 0 Å². The molecular weight excluding hydrogens is 130 g/mol. The first kappa shape index (κ1) is 5.77. The van der Waals surface area contributed by atoms with Gasteiger partial charge < -0.3 is 5.11 Å². The predicted octanol–water partition coefficient (Wildman–Crippen LogP) is 1.07. The lowest BCUT2D eigenvalue weighted by Gasteiger charge is -2.47. The van der Waals surface area contributed by atoms with Gasteiger partial charge in [-0.1, -0.05) is 12.2 Å². The number of amides is 1. The van der Waals surface area contributed by atoms with Crippen molar-refractivity contribution in [1.29, 1.82) is 0 Å². The van der Waals surface area contributed by atoms with Crippen LogP contribution in [-0.2, 0) is 0 Å². The summed E-state index contributed by atoms with van der Waals surface area (Å²) in [5.41, 5.74) is 0. The maximum atomic E-state index is 10.5. The highest BCUT2D eigenvalue weighted by molar-refractivity contribution is 5.68. The van der Waals surface area contributed by atoms with Gasteiger partial charge in [0.15, 0.2) is 0 Å². The summed E-state index contributed by atoms with van der Waals surface area (Å²) in [5, 5.41) is 8.63. The van der Waals surface area contributed by atoms with Gasteiger partial charge >= 0.3 is 6.09 Å². The Kier molecular flexibility index (Phi) is 1.01. The van der Waals surface area contributed by atoms with Crippen LogP contribution in [-0.4, -0.2) is 28.2 Å². The lowest BCUT2D eigenvalue weighted by atomic mass is 9.86. The molecule has 0 aromatic rings. The fourth-order valence-corrected chi connectivity index (χ4v) is 1.71. The van der Waals surface area contributed by atoms with E-state index in [1.807, 2.05) is 6.08 Å². The monoisotopic (exact) mass is 139 g/mol. The average Bonchev–Trinajstić information content (AvgIpc) is 1.87. The molecule has 3 heteroatoms. The minimum Gasteiger partial charge on any atom is -0.465 e. The second-order valence-electron chi connectivity index (χ2n) is 2.81. The summed E-state index contributed by atoms with van der Waals surface area (Å²) in [6, 6.07) is 0.476. The summed E-state index contributed by atoms with van der Waals surface area (Å²) in [6.45, 7) is 0. The Labute approximate surface area is 58.9 Å². The Hall–Kier alpha value is -0.990. The molecule has 0 spiro atoms. The molecule has 1 amide bonds. The van der Waals surface area contributed by atoms with Crippen LogP contribution < -0.4 is 0 Å². The predicted molar refractivity (Wildman–Crippen MR) is 35.8 cm³/mol. The van der Waals surface area contributed by atoms with E-state index in [0.29, 0.717) is 0 Å². The van der Waals surface area contributed by atoms with Crippen molar-refractivity contribution in [3.8, 4) is 0 Å². The van der Waals surface area contributed by atoms with Crippen molar-refractivity contribution in [1.82, 2.24) is 4.90 Å². The zero-order valence-electron chi connectivity index (χ0n) is 5.53. The topological polar surface area (TPSA) is 40.5 Å². The minimum atomic E-state index is -0.773. The summed E-state index contributed by atoms with van der Waals surface area (Å²) >= 11 is 0. The Morgan fingerprint density at radius 1 is 1.70 bits per heavy atom. The molecular formula is C7H9NO2. The Morgan fingerprint density at radius 3 is 2.80 bits per heavy atom. The zero-order valence-corrected chi connectivity index (χ0v) is 5.53. The van der Waals surface area contributed by atoms with Crippen LogP contribution in [0.15, 0.2) is 12.2 Å². The summed E-state index contributed by atoms with van der Waals surface area (Å²) in [7, 11) is 0.